The summed E-state index contributed by atoms with van der Waals surface area (Å²) in [5.41, 5.74) is -1.57. The molecule has 212 valence electrons. The first-order valence-corrected chi connectivity index (χ1v) is 13.5. The third-order valence-corrected chi connectivity index (χ3v) is 7.93. The summed E-state index contributed by atoms with van der Waals surface area (Å²) in [5, 5.41) is 21.9. The molecule has 2 rings (SSSR count). The number of ether oxygens (including phenoxy) is 3. The fourth-order valence-electron chi connectivity index (χ4n) is 5.42. The van der Waals surface area contributed by atoms with Crippen LogP contribution >= 0.6 is 0 Å². The first kappa shape index (κ1) is 31.6. The summed E-state index contributed by atoms with van der Waals surface area (Å²) in [7, 11) is 3.77. The third-order valence-electron chi connectivity index (χ3n) is 7.93. The fourth-order valence-corrected chi connectivity index (χ4v) is 5.42. The smallest absolute Gasteiger partial charge is 0.316 e. The summed E-state index contributed by atoms with van der Waals surface area (Å²) >= 11 is 0. The second-order valence-electron chi connectivity index (χ2n) is 11.5. The SMILES string of the molecule is CC[C@H]1OC(=O)[C@H](C)C(=O)[C@H](C)[C@@H](OC2OC(C)CC(N(C)C)C2O)[C@@H](C)C[C@@H](C)C(=O)/C=C/[C@]1(C)O. The van der Waals surface area contributed by atoms with E-state index in [9.17, 15) is 24.6 Å². The largest absolute Gasteiger partial charge is 0.458 e. The lowest BCUT2D eigenvalue weighted by Gasteiger charge is -2.43. The normalized spacial score (nSPS) is 43.8. The quantitative estimate of drug-likeness (QED) is 0.421. The lowest BCUT2D eigenvalue weighted by Crippen LogP contribution is -2.56. The van der Waals surface area contributed by atoms with Crippen molar-refractivity contribution in [2.45, 2.75) is 110 Å². The van der Waals surface area contributed by atoms with Crippen LogP contribution in [-0.4, -0.2) is 89.1 Å². The molecule has 37 heavy (non-hydrogen) atoms. The van der Waals surface area contributed by atoms with Crippen LogP contribution in [0, 0.1) is 23.7 Å². The molecule has 9 nitrogen and oxygen atoms in total. The fraction of sp³-hybridized carbons (Fsp3) is 0.821. The molecule has 0 saturated carbocycles. The molecule has 4 unspecified atom stereocenters. The van der Waals surface area contributed by atoms with Gasteiger partial charge in [0.05, 0.1) is 12.2 Å². The molecule has 11 atom stereocenters. The van der Waals surface area contributed by atoms with E-state index in [-0.39, 0.29) is 29.6 Å². The summed E-state index contributed by atoms with van der Waals surface area (Å²) in [6.45, 7) is 12.0. The Labute approximate surface area is 221 Å². The Hall–Kier alpha value is -1.65. The van der Waals surface area contributed by atoms with Gasteiger partial charge in [0.1, 0.15) is 23.7 Å². The van der Waals surface area contributed by atoms with Gasteiger partial charge in [-0.25, -0.2) is 0 Å². The molecule has 1 saturated heterocycles. The molecule has 0 aromatic heterocycles. The topological polar surface area (TPSA) is 123 Å². The van der Waals surface area contributed by atoms with E-state index in [1.54, 1.807) is 20.8 Å². The highest BCUT2D eigenvalue weighted by atomic mass is 16.7. The number of aliphatic hydroxyl groups excluding tert-OH is 1. The van der Waals surface area contributed by atoms with Crippen molar-refractivity contribution in [2.75, 3.05) is 14.1 Å². The lowest BCUT2D eigenvalue weighted by molar-refractivity contribution is -0.278. The van der Waals surface area contributed by atoms with Gasteiger partial charge in [-0.05, 0) is 72.2 Å². The van der Waals surface area contributed by atoms with Gasteiger partial charge in [-0.3, -0.25) is 14.4 Å². The van der Waals surface area contributed by atoms with Gasteiger partial charge < -0.3 is 29.3 Å². The van der Waals surface area contributed by atoms with Gasteiger partial charge in [-0.2, -0.15) is 0 Å². The van der Waals surface area contributed by atoms with E-state index in [2.05, 4.69) is 0 Å². The van der Waals surface area contributed by atoms with Gasteiger partial charge in [-0.1, -0.05) is 27.7 Å². The molecule has 0 aromatic rings. The van der Waals surface area contributed by atoms with Gasteiger partial charge in [-0.15, -0.1) is 0 Å². The molecule has 0 aliphatic carbocycles. The van der Waals surface area contributed by atoms with E-state index in [1.807, 2.05) is 32.8 Å². The Bertz CT molecular complexity index is 840. The van der Waals surface area contributed by atoms with Crippen LogP contribution in [0.5, 0.6) is 0 Å². The number of likely N-dealkylation sites (N-methyl/N-ethyl adjacent to an activating group) is 1. The molecule has 0 bridgehead atoms. The van der Waals surface area contributed by atoms with E-state index in [1.165, 1.54) is 26.0 Å². The van der Waals surface area contributed by atoms with E-state index >= 15 is 0 Å². The number of carbonyl (C=O) groups is 3. The van der Waals surface area contributed by atoms with Crippen molar-refractivity contribution in [3.63, 3.8) is 0 Å². The highest BCUT2D eigenvalue weighted by Gasteiger charge is 2.44. The summed E-state index contributed by atoms with van der Waals surface area (Å²) in [6.07, 6.45) is 0.318. The number of Topliss-reactive ketones (excluding diaryl/α,β-unsaturated/α-hetero) is 1. The Morgan fingerprint density at radius 3 is 2.30 bits per heavy atom. The number of ketones is 2. The van der Waals surface area contributed by atoms with Crippen molar-refractivity contribution >= 4 is 17.5 Å². The summed E-state index contributed by atoms with van der Waals surface area (Å²) in [5.74, 6) is -3.83. The number of carbonyl (C=O) groups excluding carboxylic acids is 3. The van der Waals surface area contributed by atoms with Crippen molar-refractivity contribution in [3.8, 4) is 0 Å². The molecular formula is C28H47NO8. The van der Waals surface area contributed by atoms with Crippen molar-refractivity contribution in [2.24, 2.45) is 23.7 Å². The van der Waals surface area contributed by atoms with Crippen LogP contribution in [0.15, 0.2) is 12.2 Å². The van der Waals surface area contributed by atoms with Crippen LogP contribution in [0.1, 0.15) is 67.7 Å². The van der Waals surface area contributed by atoms with Gasteiger partial charge in [0.25, 0.3) is 0 Å². The zero-order valence-corrected chi connectivity index (χ0v) is 23.8. The van der Waals surface area contributed by atoms with Crippen LogP contribution in [0.3, 0.4) is 0 Å². The van der Waals surface area contributed by atoms with Crippen LogP contribution in [-0.2, 0) is 28.6 Å². The molecule has 2 heterocycles. The highest BCUT2D eigenvalue weighted by Crippen LogP contribution is 2.32. The first-order valence-electron chi connectivity index (χ1n) is 13.5. The minimum absolute atomic E-state index is 0.168. The van der Waals surface area contributed by atoms with Gasteiger partial charge in [0.15, 0.2) is 17.9 Å². The van der Waals surface area contributed by atoms with Crippen LogP contribution in [0.2, 0.25) is 0 Å². The van der Waals surface area contributed by atoms with Gasteiger partial charge in [0.2, 0.25) is 0 Å². The minimum atomic E-state index is -1.57. The van der Waals surface area contributed by atoms with Crippen molar-refractivity contribution in [3.05, 3.63) is 12.2 Å². The molecular weight excluding hydrogens is 478 g/mol. The van der Waals surface area contributed by atoms with Gasteiger partial charge in [0, 0.05) is 17.9 Å². The molecule has 0 amide bonds. The second kappa shape index (κ2) is 12.9. The zero-order valence-electron chi connectivity index (χ0n) is 23.8. The van der Waals surface area contributed by atoms with Crippen molar-refractivity contribution in [1.29, 1.82) is 0 Å². The predicted molar refractivity (Wildman–Crippen MR) is 139 cm³/mol. The monoisotopic (exact) mass is 525 g/mol. The van der Waals surface area contributed by atoms with Gasteiger partial charge >= 0.3 is 5.97 Å². The maximum atomic E-state index is 13.5. The molecule has 1 fully saturated rings. The number of hydrogen-bond donors (Lipinski definition) is 2. The number of nitrogens with zero attached hydrogens (tertiary/aromatic N) is 1. The van der Waals surface area contributed by atoms with E-state index in [0.29, 0.717) is 19.3 Å². The predicted octanol–water partition coefficient (Wildman–Crippen LogP) is 2.51. The lowest BCUT2D eigenvalue weighted by atomic mass is 9.80. The summed E-state index contributed by atoms with van der Waals surface area (Å²) in [6, 6.07) is -0.188. The highest BCUT2D eigenvalue weighted by molar-refractivity contribution is 6.00. The summed E-state index contributed by atoms with van der Waals surface area (Å²) in [4.78, 5) is 41.3. The standard InChI is InChI=1S/C28H47NO8/c1-10-22-28(7,34)12-11-21(30)15(2)13-16(3)25(18(5)23(31)19(6)26(33)36-22)37-27-24(32)20(29(8)9)14-17(4)35-27/h11-12,15-20,22,24-25,27,32,34H,10,13-14H2,1-9H3/b12-11+/t15-,16+,17?,18+,19-,20?,22-,24?,25+,27?,28+/m1/s1. The maximum Gasteiger partial charge on any atom is 0.316 e. The summed E-state index contributed by atoms with van der Waals surface area (Å²) < 4.78 is 17.9. The minimum Gasteiger partial charge on any atom is -0.458 e. The number of rotatable bonds is 4. The Morgan fingerprint density at radius 1 is 1.11 bits per heavy atom. The molecule has 2 aliphatic heterocycles. The Morgan fingerprint density at radius 2 is 1.73 bits per heavy atom. The molecule has 0 spiro atoms. The molecule has 9 heteroatoms. The van der Waals surface area contributed by atoms with Crippen LogP contribution in [0.4, 0.5) is 0 Å². The third kappa shape index (κ3) is 7.69. The van der Waals surface area contributed by atoms with E-state index in [4.69, 9.17) is 14.2 Å². The molecule has 2 aliphatic rings. The van der Waals surface area contributed by atoms with E-state index < -0.39 is 53.9 Å². The first-order chi connectivity index (χ1) is 17.1. The number of aliphatic hydroxyl groups is 2. The van der Waals surface area contributed by atoms with E-state index in [0.717, 1.165) is 0 Å². The maximum absolute atomic E-state index is 13.5. The van der Waals surface area contributed by atoms with Crippen molar-refractivity contribution < 1.29 is 38.8 Å². The number of hydrogen-bond acceptors (Lipinski definition) is 9. The Balaban J connectivity index is 2.44. The van der Waals surface area contributed by atoms with Crippen molar-refractivity contribution in [1.82, 2.24) is 4.90 Å². The molecule has 0 aromatic carbocycles. The number of cyclic esters (lactones) is 1. The molecule has 2 N–H and O–H groups in total. The average Bonchev–Trinajstić information content (AvgIpc) is 2.83. The zero-order chi connectivity index (χ0) is 28.2. The molecule has 0 radical (unpaired) electrons. The van der Waals surface area contributed by atoms with Crippen LogP contribution < -0.4 is 0 Å². The average molecular weight is 526 g/mol. The Kier molecular flexibility index (Phi) is 11.0. The number of allylic oxidation sites excluding steroid dienone is 1. The number of esters is 1. The second-order valence-corrected chi connectivity index (χ2v) is 11.5. The van der Waals surface area contributed by atoms with Crippen LogP contribution in [0.25, 0.3) is 0 Å².